The molecule has 4 nitrogen and oxygen atoms in total. The van der Waals surface area contributed by atoms with Gasteiger partial charge < -0.3 is 9.47 Å². The normalized spacial score (nSPS) is 20.7. The highest BCUT2D eigenvalue weighted by Gasteiger charge is 2.16. The lowest BCUT2D eigenvalue weighted by molar-refractivity contribution is -0.135. The van der Waals surface area contributed by atoms with Crippen molar-refractivity contribution in [1.82, 2.24) is 0 Å². The topological polar surface area (TPSA) is 52.6 Å². The Bertz CT molecular complexity index is 293. The van der Waals surface area contributed by atoms with Gasteiger partial charge in [0.2, 0.25) is 0 Å². The fourth-order valence-corrected chi connectivity index (χ4v) is 1.52. The lowest BCUT2D eigenvalue weighted by Crippen LogP contribution is -1.99. The first kappa shape index (κ1) is 11.5. The van der Waals surface area contributed by atoms with E-state index in [0.29, 0.717) is 0 Å². The Morgan fingerprint density at radius 1 is 1.00 bits per heavy atom. The summed E-state index contributed by atoms with van der Waals surface area (Å²) in [7, 11) is 2.66. The van der Waals surface area contributed by atoms with Crippen LogP contribution in [0.25, 0.3) is 0 Å². The van der Waals surface area contributed by atoms with E-state index in [1.807, 2.05) is 0 Å². The summed E-state index contributed by atoms with van der Waals surface area (Å²) in [5.74, 6) is -0.773. The van der Waals surface area contributed by atoms with Crippen molar-refractivity contribution >= 4 is 11.9 Å². The quantitative estimate of drug-likeness (QED) is 0.510. The zero-order valence-electron chi connectivity index (χ0n) is 8.91. The number of carbonyl (C=O) groups excluding carboxylic acids is 2. The smallest absolute Gasteiger partial charge is 0.330 e. The van der Waals surface area contributed by atoms with E-state index in [4.69, 9.17) is 0 Å². The van der Waals surface area contributed by atoms with E-state index in [2.05, 4.69) is 9.47 Å². The Hall–Kier alpha value is -1.58. The Morgan fingerprint density at radius 2 is 1.40 bits per heavy atom. The second kappa shape index (κ2) is 5.34. The zero-order chi connectivity index (χ0) is 11.3. The van der Waals surface area contributed by atoms with Gasteiger partial charge in [-0.15, -0.1) is 0 Å². The van der Waals surface area contributed by atoms with Gasteiger partial charge >= 0.3 is 11.9 Å². The van der Waals surface area contributed by atoms with Crippen molar-refractivity contribution in [2.45, 2.75) is 19.3 Å². The minimum Gasteiger partial charge on any atom is -0.466 e. The number of methoxy groups -OCH3 is 2. The predicted molar refractivity (Wildman–Crippen MR) is 54.0 cm³/mol. The first-order valence-electron chi connectivity index (χ1n) is 4.74. The fourth-order valence-electron chi connectivity index (χ4n) is 1.52. The molecule has 0 saturated heterocycles. The van der Waals surface area contributed by atoms with E-state index in [1.165, 1.54) is 26.4 Å². The molecule has 0 aliphatic heterocycles. The minimum absolute atomic E-state index is 0.386. The van der Waals surface area contributed by atoms with Gasteiger partial charge in [0.1, 0.15) is 0 Å². The van der Waals surface area contributed by atoms with Crippen LogP contribution in [-0.4, -0.2) is 26.2 Å². The summed E-state index contributed by atoms with van der Waals surface area (Å²) in [5.41, 5.74) is 1.74. The maximum Gasteiger partial charge on any atom is 0.330 e. The van der Waals surface area contributed by atoms with Gasteiger partial charge in [0.05, 0.1) is 14.2 Å². The van der Waals surface area contributed by atoms with Gasteiger partial charge in [-0.2, -0.15) is 0 Å². The average Bonchev–Trinajstić information content (AvgIpc) is 2.65. The van der Waals surface area contributed by atoms with Crippen LogP contribution in [0.3, 0.4) is 0 Å². The number of rotatable bonds is 2. The maximum absolute atomic E-state index is 11.0. The van der Waals surface area contributed by atoms with Gasteiger partial charge in [0.25, 0.3) is 0 Å². The molecule has 1 aliphatic rings. The highest BCUT2D eigenvalue weighted by Crippen LogP contribution is 2.30. The first-order valence-corrected chi connectivity index (χ1v) is 4.74. The minimum atomic E-state index is -0.386. The summed E-state index contributed by atoms with van der Waals surface area (Å²) in [6, 6.07) is 0. The fraction of sp³-hybridized carbons (Fsp3) is 0.455. The van der Waals surface area contributed by atoms with Crippen molar-refractivity contribution in [2.24, 2.45) is 0 Å². The number of ether oxygens (including phenoxy) is 2. The van der Waals surface area contributed by atoms with E-state index >= 15 is 0 Å². The van der Waals surface area contributed by atoms with Crippen molar-refractivity contribution in [3.63, 3.8) is 0 Å². The summed E-state index contributed by atoms with van der Waals surface area (Å²) in [6.07, 6.45) is 5.42. The predicted octanol–water partition coefficient (Wildman–Crippen LogP) is 1.37. The molecule has 1 fully saturated rings. The monoisotopic (exact) mass is 210 g/mol. The Balaban J connectivity index is 2.81. The highest BCUT2D eigenvalue weighted by molar-refractivity contribution is 5.87. The third-order valence-corrected chi connectivity index (χ3v) is 2.29. The number of allylic oxidation sites excluding steroid dienone is 2. The van der Waals surface area contributed by atoms with Crippen LogP contribution in [0.4, 0.5) is 0 Å². The molecule has 0 bridgehead atoms. The number of hydrogen-bond donors (Lipinski definition) is 0. The molecule has 4 heteroatoms. The molecule has 82 valence electrons. The van der Waals surface area contributed by atoms with Gasteiger partial charge in [-0.1, -0.05) is 0 Å². The summed E-state index contributed by atoms with van der Waals surface area (Å²) in [6.45, 7) is 0. The second-order valence-corrected chi connectivity index (χ2v) is 3.24. The molecule has 0 unspecified atom stereocenters. The molecule has 0 aromatic carbocycles. The van der Waals surface area contributed by atoms with Gasteiger partial charge in [0, 0.05) is 12.2 Å². The molecule has 0 heterocycles. The van der Waals surface area contributed by atoms with E-state index in [0.717, 1.165) is 30.4 Å². The average molecular weight is 210 g/mol. The van der Waals surface area contributed by atoms with Gasteiger partial charge in [-0.3, -0.25) is 0 Å². The van der Waals surface area contributed by atoms with Crippen LogP contribution < -0.4 is 0 Å². The number of carbonyl (C=O) groups is 2. The molecular formula is C11H14O4. The molecule has 1 aliphatic carbocycles. The maximum atomic E-state index is 11.0. The number of hydrogen-bond acceptors (Lipinski definition) is 4. The second-order valence-electron chi connectivity index (χ2n) is 3.24. The lowest BCUT2D eigenvalue weighted by atomic mass is 10.1. The molecule has 0 aromatic rings. The third-order valence-electron chi connectivity index (χ3n) is 2.29. The molecule has 1 rings (SSSR count). The molecule has 15 heavy (non-hydrogen) atoms. The SMILES string of the molecule is COC(=O)/C=C1\CCC\C1=C/C(=O)OC. The number of esters is 2. The van der Waals surface area contributed by atoms with Crippen molar-refractivity contribution in [3.8, 4) is 0 Å². The van der Waals surface area contributed by atoms with Gasteiger partial charge in [-0.05, 0) is 30.4 Å². The van der Waals surface area contributed by atoms with E-state index in [1.54, 1.807) is 0 Å². The van der Waals surface area contributed by atoms with Crippen molar-refractivity contribution < 1.29 is 19.1 Å². The Kier molecular flexibility index (Phi) is 4.09. The van der Waals surface area contributed by atoms with E-state index in [9.17, 15) is 9.59 Å². The Morgan fingerprint density at radius 3 is 1.73 bits per heavy atom. The summed E-state index contributed by atoms with van der Waals surface area (Å²) < 4.78 is 9.07. The third kappa shape index (κ3) is 3.23. The molecule has 0 aromatic heterocycles. The zero-order valence-corrected chi connectivity index (χ0v) is 8.91. The molecule has 0 N–H and O–H groups in total. The summed E-state index contributed by atoms with van der Waals surface area (Å²) in [5, 5.41) is 0. The summed E-state index contributed by atoms with van der Waals surface area (Å²) >= 11 is 0. The van der Waals surface area contributed by atoms with Crippen LogP contribution in [0.15, 0.2) is 23.3 Å². The van der Waals surface area contributed by atoms with Gasteiger partial charge in [0.15, 0.2) is 0 Å². The molecular weight excluding hydrogens is 196 g/mol. The molecule has 0 atom stereocenters. The molecule has 0 amide bonds. The van der Waals surface area contributed by atoms with E-state index < -0.39 is 0 Å². The molecule has 0 spiro atoms. The summed E-state index contributed by atoms with van der Waals surface area (Å²) in [4.78, 5) is 22.1. The lowest BCUT2D eigenvalue weighted by Gasteiger charge is -2.00. The van der Waals surface area contributed by atoms with Crippen LogP contribution in [0.1, 0.15) is 19.3 Å². The van der Waals surface area contributed by atoms with Crippen molar-refractivity contribution in [1.29, 1.82) is 0 Å². The highest BCUT2D eigenvalue weighted by atomic mass is 16.5. The van der Waals surface area contributed by atoms with Crippen LogP contribution in [0, 0.1) is 0 Å². The first-order chi connectivity index (χ1) is 7.17. The largest absolute Gasteiger partial charge is 0.466 e. The van der Waals surface area contributed by atoms with Crippen LogP contribution in [0.2, 0.25) is 0 Å². The molecule has 1 saturated carbocycles. The Labute approximate surface area is 88.6 Å². The van der Waals surface area contributed by atoms with Crippen LogP contribution in [-0.2, 0) is 19.1 Å². The molecule has 0 radical (unpaired) electrons. The van der Waals surface area contributed by atoms with Crippen LogP contribution >= 0.6 is 0 Å². The van der Waals surface area contributed by atoms with Crippen molar-refractivity contribution in [3.05, 3.63) is 23.3 Å². The van der Waals surface area contributed by atoms with Crippen molar-refractivity contribution in [2.75, 3.05) is 14.2 Å². The van der Waals surface area contributed by atoms with Crippen LogP contribution in [0.5, 0.6) is 0 Å². The standard InChI is InChI=1S/C11H14O4/c1-14-10(12)6-8-4-3-5-9(8)7-11(13)15-2/h6-7H,3-5H2,1-2H3/b8-6+,9-7+. The van der Waals surface area contributed by atoms with E-state index in [-0.39, 0.29) is 11.9 Å². The van der Waals surface area contributed by atoms with Gasteiger partial charge in [-0.25, -0.2) is 9.59 Å².